The van der Waals surface area contributed by atoms with Crippen LogP contribution in [0.15, 0.2) is 54.7 Å². The lowest BCUT2D eigenvalue weighted by molar-refractivity contribution is -0.137. The van der Waals surface area contributed by atoms with Gasteiger partial charge < -0.3 is 26.1 Å². The Hall–Kier alpha value is -3.32. The monoisotopic (exact) mass is 462 g/mol. The van der Waals surface area contributed by atoms with Gasteiger partial charge >= 0.3 is 0 Å². The molecule has 4 rings (SSSR count). The number of benzene rings is 2. The number of carbonyl (C=O) groups is 2. The van der Waals surface area contributed by atoms with Gasteiger partial charge in [0.05, 0.1) is 12.6 Å². The quantitative estimate of drug-likeness (QED) is 0.476. The smallest absolute Gasteiger partial charge is 0.237 e. The fourth-order valence-electron chi connectivity index (χ4n) is 5.10. The number of piperidine rings is 1. The van der Waals surface area contributed by atoms with Gasteiger partial charge in [0, 0.05) is 36.1 Å². The number of methoxy groups -OCH3 is 1. The van der Waals surface area contributed by atoms with Gasteiger partial charge in [0.2, 0.25) is 11.8 Å². The number of primary amides is 1. The second kappa shape index (κ2) is 9.89. The van der Waals surface area contributed by atoms with Crippen LogP contribution in [0.3, 0.4) is 0 Å². The van der Waals surface area contributed by atoms with E-state index in [4.69, 9.17) is 16.2 Å². The van der Waals surface area contributed by atoms with Crippen LogP contribution in [0.25, 0.3) is 10.9 Å². The van der Waals surface area contributed by atoms with E-state index >= 15 is 0 Å². The van der Waals surface area contributed by atoms with Crippen molar-refractivity contribution >= 4 is 22.7 Å². The van der Waals surface area contributed by atoms with Gasteiger partial charge in [-0.3, -0.25) is 9.59 Å². The van der Waals surface area contributed by atoms with Crippen LogP contribution in [-0.4, -0.2) is 47.4 Å². The molecule has 34 heavy (non-hydrogen) atoms. The number of para-hydroxylation sites is 2. The molecule has 3 aromatic rings. The first-order chi connectivity index (χ1) is 16.3. The molecule has 1 aliphatic heterocycles. The maximum absolute atomic E-state index is 13.7. The van der Waals surface area contributed by atoms with Crippen LogP contribution in [0.1, 0.15) is 43.2 Å². The molecule has 0 bridgehead atoms. The first-order valence-electron chi connectivity index (χ1n) is 11.9. The number of amides is 2. The lowest BCUT2D eigenvalue weighted by Crippen LogP contribution is -2.53. The summed E-state index contributed by atoms with van der Waals surface area (Å²) in [6.45, 7) is 2.92. The van der Waals surface area contributed by atoms with Crippen molar-refractivity contribution in [2.75, 3.05) is 20.2 Å². The van der Waals surface area contributed by atoms with Crippen LogP contribution in [0.5, 0.6) is 5.75 Å². The van der Waals surface area contributed by atoms with Crippen molar-refractivity contribution in [1.82, 2.24) is 9.88 Å². The lowest BCUT2D eigenvalue weighted by Gasteiger charge is -2.36. The number of nitrogens with one attached hydrogen (secondary N) is 1. The van der Waals surface area contributed by atoms with Crippen LogP contribution in [0.2, 0.25) is 0 Å². The number of nitrogens with zero attached hydrogens (tertiary/aromatic N) is 1. The van der Waals surface area contributed by atoms with Crippen molar-refractivity contribution in [3.8, 4) is 5.75 Å². The Morgan fingerprint density at radius 1 is 1.15 bits per heavy atom. The Bertz CT molecular complexity index is 1160. The predicted molar refractivity (Wildman–Crippen MR) is 133 cm³/mol. The van der Waals surface area contributed by atoms with E-state index in [0.717, 1.165) is 35.1 Å². The fraction of sp³-hybridized carbons (Fsp3) is 0.407. The predicted octanol–water partition coefficient (Wildman–Crippen LogP) is 3.33. The lowest BCUT2D eigenvalue weighted by atomic mass is 9.83. The Labute approximate surface area is 200 Å². The van der Waals surface area contributed by atoms with E-state index in [1.54, 1.807) is 14.0 Å². The van der Waals surface area contributed by atoms with E-state index in [2.05, 4.69) is 11.1 Å². The molecule has 2 amide bonds. The molecule has 0 radical (unpaired) electrons. The van der Waals surface area contributed by atoms with Gasteiger partial charge in [0.15, 0.2) is 0 Å². The van der Waals surface area contributed by atoms with Crippen LogP contribution in [-0.2, 0) is 16.0 Å². The van der Waals surface area contributed by atoms with Crippen molar-refractivity contribution < 1.29 is 14.3 Å². The summed E-state index contributed by atoms with van der Waals surface area (Å²) in [7, 11) is 1.69. The molecule has 0 aliphatic carbocycles. The van der Waals surface area contributed by atoms with Gasteiger partial charge in [0.25, 0.3) is 0 Å². The van der Waals surface area contributed by atoms with Crippen molar-refractivity contribution in [1.29, 1.82) is 0 Å². The molecule has 1 fully saturated rings. The van der Waals surface area contributed by atoms with Crippen LogP contribution in [0.4, 0.5) is 0 Å². The van der Waals surface area contributed by atoms with E-state index in [-0.39, 0.29) is 12.3 Å². The van der Waals surface area contributed by atoms with E-state index < -0.39 is 17.4 Å². The average Bonchev–Trinajstić information content (AvgIpc) is 3.26. The van der Waals surface area contributed by atoms with Gasteiger partial charge in [0.1, 0.15) is 5.75 Å². The Balaban J connectivity index is 1.52. The molecule has 0 saturated carbocycles. The summed E-state index contributed by atoms with van der Waals surface area (Å²) in [6.07, 6.45) is 4.36. The summed E-state index contributed by atoms with van der Waals surface area (Å²) in [5, 5.41) is 1.08. The van der Waals surface area contributed by atoms with Gasteiger partial charge in [-0.05, 0) is 61.8 Å². The number of H-pyrrole nitrogens is 1. The summed E-state index contributed by atoms with van der Waals surface area (Å²) in [6, 6.07) is 16.1. The van der Waals surface area contributed by atoms with Gasteiger partial charge in [-0.25, -0.2) is 0 Å². The average molecular weight is 463 g/mol. The molecule has 2 unspecified atom stereocenters. The highest BCUT2D eigenvalue weighted by atomic mass is 16.5. The van der Waals surface area contributed by atoms with E-state index in [1.165, 1.54) is 5.56 Å². The number of aromatic amines is 1. The molecule has 7 heteroatoms. The van der Waals surface area contributed by atoms with Crippen molar-refractivity contribution in [2.45, 2.75) is 44.1 Å². The fourth-order valence-corrected chi connectivity index (χ4v) is 5.10. The topological polar surface area (TPSA) is 114 Å². The van der Waals surface area contributed by atoms with E-state index in [1.807, 2.05) is 53.6 Å². The Kier molecular flexibility index (Phi) is 6.93. The second-order valence-electron chi connectivity index (χ2n) is 9.59. The molecule has 0 spiro atoms. The Morgan fingerprint density at radius 3 is 2.53 bits per heavy atom. The maximum Gasteiger partial charge on any atom is 0.237 e. The summed E-state index contributed by atoms with van der Waals surface area (Å²) >= 11 is 0. The maximum atomic E-state index is 13.7. The van der Waals surface area contributed by atoms with E-state index in [0.29, 0.717) is 25.4 Å². The summed E-state index contributed by atoms with van der Waals surface area (Å²) < 4.78 is 5.54. The number of ether oxygens (including phenoxy) is 1. The van der Waals surface area contributed by atoms with Crippen LogP contribution >= 0.6 is 0 Å². The molecule has 2 aromatic carbocycles. The van der Waals surface area contributed by atoms with Crippen LogP contribution < -0.4 is 16.2 Å². The van der Waals surface area contributed by atoms with Crippen LogP contribution in [0, 0.1) is 5.92 Å². The number of carbonyl (C=O) groups excluding carboxylic acids is 2. The molecule has 180 valence electrons. The van der Waals surface area contributed by atoms with Crippen molar-refractivity contribution in [3.63, 3.8) is 0 Å². The molecule has 2 heterocycles. The van der Waals surface area contributed by atoms with Gasteiger partial charge in [-0.1, -0.05) is 36.4 Å². The summed E-state index contributed by atoms with van der Waals surface area (Å²) in [5.41, 5.74) is 13.8. The molecular formula is C27H34N4O3. The second-order valence-corrected chi connectivity index (χ2v) is 9.59. The standard InChI is InChI=1S/C27H34N4O3/c1-27(29,26(28)33)16-19(15-20-17-30-23-9-5-3-7-21(20)23)25(32)31-13-11-18(12-14-31)22-8-4-6-10-24(22)34-2/h3-10,17-19,30H,11-16,29H2,1-2H3,(H2,28,33). The number of hydrogen-bond acceptors (Lipinski definition) is 4. The number of rotatable bonds is 8. The zero-order valence-electron chi connectivity index (χ0n) is 19.9. The largest absolute Gasteiger partial charge is 0.496 e. The third-order valence-corrected chi connectivity index (χ3v) is 7.11. The first kappa shape index (κ1) is 23.8. The zero-order valence-corrected chi connectivity index (χ0v) is 19.9. The minimum atomic E-state index is -1.26. The zero-order chi connectivity index (χ0) is 24.3. The number of aromatic nitrogens is 1. The van der Waals surface area contributed by atoms with Gasteiger partial charge in [-0.2, -0.15) is 0 Å². The third-order valence-electron chi connectivity index (χ3n) is 7.11. The summed E-state index contributed by atoms with van der Waals surface area (Å²) in [4.78, 5) is 30.9. The normalized spacial score (nSPS) is 17.3. The van der Waals surface area contributed by atoms with Crippen molar-refractivity contribution in [3.05, 3.63) is 65.9 Å². The minimum absolute atomic E-state index is 0.0293. The van der Waals surface area contributed by atoms with Crippen molar-refractivity contribution in [2.24, 2.45) is 17.4 Å². The first-order valence-corrected chi connectivity index (χ1v) is 11.9. The minimum Gasteiger partial charge on any atom is -0.496 e. The third kappa shape index (κ3) is 4.94. The Morgan fingerprint density at radius 2 is 1.82 bits per heavy atom. The summed E-state index contributed by atoms with van der Waals surface area (Å²) in [5.74, 6) is 0.229. The van der Waals surface area contributed by atoms with Gasteiger partial charge in [-0.15, -0.1) is 0 Å². The SMILES string of the molecule is COc1ccccc1C1CCN(C(=O)C(Cc2c[nH]c3ccccc23)CC(C)(N)C(N)=O)CC1. The number of likely N-dealkylation sites (tertiary alicyclic amines) is 1. The number of fused-ring (bicyclic) bond motifs is 1. The van der Waals surface area contributed by atoms with E-state index in [9.17, 15) is 9.59 Å². The highest BCUT2D eigenvalue weighted by Crippen LogP contribution is 2.35. The number of hydrogen-bond donors (Lipinski definition) is 3. The number of nitrogens with two attached hydrogens (primary N) is 2. The molecule has 1 saturated heterocycles. The highest BCUT2D eigenvalue weighted by Gasteiger charge is 2.36. The molecule has 1 aromatic heterocycles. The molecule has 5 N–H and O–H groups in total. The molecular weight excluding hydrogens is 428 g/mol. The highest BCUT2D eigenvalue weighted by molar-refractivity contribution is 5.87. The molecule has 7 nitrogen and oxygen atoms in total. The molecule has 2 atom stereocenters. The molecule has 1 aliphatic rings.